The zero-order valence-electron chi connectivity index (χ0n) is 11.4. The molecule has 0 fully saturated rings. The van der Waals surface area contributed by atoms with Gasteiger partial charge >= 0.3 is 0 Å². The van der Waals surface area contributed by atoms with E-state index in [2.05, 4.69) is 15.9 Å². The van der Waals surface area contributed by atoms with Gasteiger partial charge in [-0.2, -0.15) is 0 Å². The first kappa shape index (κ1) is 15.3. The van der Waals surface area contributed by atoms with E-state index in [0.29, 0.717) is 21.4 Å². The van der Waals surface area contributed by atoms with Gasteiger partial charge in [-0.3, -0.25) is 4.79 Å². The standard InChI is InChI=1S/C15H14BrClFNO/c1-8-6-12(15(20)9(2)17)10(3)19(8)14-5-4-11(16)7-13(14)18/h4-7,9H,1-3H3. The third-order valence-corrected chi connectivity index (χ3v) is 3.90. The SMILES string of the molecule is Cc1cc(C(=O)C(C)Cl)c(C)n1-c1ccc(Br)cc1F. The number of carbonyl (C=O) groups excluding carboxylic acids is 1. The number of carbonyl (C=O) groups is 1. The lowest BCUT2D eigenvalue weighted by Gasteiger charge is -2.11. The molecule has 0 N–H and O–H groups in total. The van der Waals surface area contributed by atoms with Gasteiger partial charge in [0.05, 0.1) is 11.1 Å². The minimum atomic E-state index is -0.598. The van der Waals surface area contributed by atoms with E-state index in [1.165, 1.54) is 6.07 Å². The molecular formula is C15H14BrClFNO. The zero-order chi connectivity index (χ0) is 15.0. The summed E-state index contributed by atoms with van der Waals surface area (Å²) in [4.78, 5) is 12.1. The van der Waals surface area contributed by atoms with Crippen LogP contribution in [0.2, 0.25) is 0 Å². The summed E-state index contributed by atoms with van der Waals surface area (Å²) in [5, 5.41) is -0.598. The van der Waals surface area contributed by atoms with Gasteiger partial charge in [-0.05, 0) is 45.0 Å². The molecule has 0 aliphatic carbocycles. The second-order valence-corrected chi connectivity index (χ2v) is 6.27. The van der Waals surface area contributed by atoms with Crippen molar-refractivity contribution in [3.63, 3.8) is 0 Å². The number of halogens is 3. The molecule has 1 heterocycles. The first-order chi connectivity index (χ1) is 9.32. The number of aryl methyl sites for hydroxylation is 1. The summed E-state index contributed by atoms with van der Waals surface area (Å²) in [6.45, 7) is 5.27. The van der Waals surface area contributed by atoms with E-state index in [-0.39, 0.29) is 11.6 Å². The first-order valence-electron chi connectivity index (χ1n) is 6.15. The smallest absolute Gasteiger partial charge is 0.182 e. The van der Waals surface area contributed by atoms with Crippen molar-refractivity contribution in [1.82, 2.24) is 4.57 Å². The molecule has 20 heavy (non-hydrogen) atoms. The van der Waals surface area contributed by atoms with Crippen molar-refractivity contribution in [2.75, 3.05) is 0 Å². The maximum absolute atomic E-state index is 14.1. The van der Waals surface area contributed by atoms with Crippen molar-refractivity contribution in [1.29, 1.82) is 0 Å². The fraction of sp³-hybridized carbons (Fsp3) is 0.267. The van der Waals surface area contributed by atoms with Crippen LogP contribution in [0, 0.1) is 19.7 Å². The Morgan fingerprint density at radius 3 is 2.55 bits per heavy atom. The second-order valence-electron chi connectivity index (χ2n) is 4.70. The maximum Gasteiger partial charge on any atom is 0.182 e. The summed E-state index contributed by atoms with van der Waals surface area (Å²) in [6.07, 6.45) is 0. The highest BCUT2D eigenvalue weighted by atomic mass is 79.9. The molecule has 1 unspecified atom stereocenters. The van der Waals surface area contributed by atoms with Crippen molar-refractivity contribution in [3.05, 3.63) is 51.5 Å². The topological polar surface area (TPSA) is 22.0 Å². The number of ketones is 1. The monoisotopic (exact) mass is 357 g/mol. The molecule has 0 spiro atoms. The number of nitrogens with zero attached hydrogens (tertiary/aromatic N) is 1. The lowest BCUT2D eigenvalue weighted by Crippen LogP contribution is -2.12. The van der Waals surface area contributed by atoms with E-state index in [4.69, 9.17) is 11.6 Å². The van der Waals surface area contributed by atoms with Gasteiger partial charge in [0.1, 0.15) is 5.82 Å². The van der Waals surface area contributed by atoms with E-state index >= 15 is 0 Å². The summed E-state index contributed by atoms with van der Waals surface area (Å²) in [6, 6.07) is 6.60. The Kier molecular flexibility index (Phi) is 4.35. The van der Waals surface area contributed by atoms with Crippen LogP contribution >= 0.6 is 27.5 Å². The fourth-order valence-electron chi connectivity index (χ4n) is 2.26. The highest BCUT2D eigenvalue weighted by Crippen LogP contribution is 2.26. The molecule has 1 atom stereocenters. The molecule has 0 radical (unpaired) electrons. The second kappa shape index (κ2) is 5.70. The van der Waals surface area contributed by atoms with Gasteiger partial charge in [-0.15, -0.1) is 11.6 Å². The highest BCUT2D eigenvalue weighted by molar-refractivity contribution is 9.10. The van der Waals surface area contributed by atoms with Crippen LogP contribution in [-0.2, 0) is 0 Å². The molecule has 0 amide bonds. The Morgan fingerprint density at radius 2 is 2.00 bits per heavy atom. The highest BCUT2D eigenvalue weighted by Gasteiger charge is 2.21. The molecule has 1 aromatic carbocycles. The molecule has 2 nitrogen and oxygen atoms in total. The van der Waals surface area contributed by atoms with E-state index in [9.17, 15) is 9.18 Å². The van der Waals surface area contributed by atoms with Gasteiger partial charge < -0.3 is 4.57 Å². The van der Waals surface area contributed by atoms with E-state index in [1.807, 2.05) is 6.92 Å². The maximum atomic E-state index is 14.1. The molecule has 5 heteroatoms. The minimum Gasteiger partial charge on any atom is -0.315 e. The van der Waals surface area contributed by atoms with Crippen LogP contribution in [0.5, 0.6) is 0 Å². The summed E-state index contributed by atoms with van der Waals surface area (Å²) in [5.41, 5.74) is 2.45. The van der Waals surface area contributed by atoms with E-state index in [1.54, 1.807) is 36.6 Å². The summed E-state index contributed by atoms with van der Waals surface area (Å²) < 4.78 is 16.5. The van der Waals surface area contributed by atoms with Crippen molar-refractivity contribution in [3.8, 4) is 5.69 Å². The predicted molar refractivity (Wildman–Crippen MR) is 82.5 cm³/mol. The van der Waals surface area contributed by atoms with Gasteiger partial charge in [0.2, 0.25) is 0 Å². The van der Waals surface area contributed by atoms with Gasteiger partial charge in [0.25, 0.3) is 0 Å². The average Bonchev–Trinajstić information content (AvgIpc) is 2.65. The Hall–Kier alpha value is -1.13. The van der Waals surface area contributed by atoms with Crippen LogP contribution < -0.4 is 0 Å². The number of aromatic nitrogens is 1. The molecule has 0 aliphatic rings. The van der Waals surface area contributed by atoms with Crippen LogP contribution in [0.1, 0.15) is 28.7 Å². The largest absolute Gasteiger partial charge is 0.315 e. The quantitative estimate of drug-likeness (QED) is 0.570. The number of Topliss-reactive ketones (excluding diaryl/α,β-unsaturated/α-hetero) is 1. The van der Waals surface area contributed by atoms with Gasteiger partial charge in [0.15, 0.2) is 5.78 Å². The normalized spacial score (nSPS) is 12.5. The van der Waals surface area contributed by atoms with Crippen LogP contribution in [0.15, 0.2) is 28.7 Å². The van der Waals surface area contributed by atoms with Crippen molar-refractivity contribution >= 4 is 33.3 Å². The molecule has 0 saturated carbocycles. The van der Waals surface area contributed by atoms with Crippen molar-refractivity contribution in [2.45, 2.75) is 26.1 Å². The molecule has 0 saturated heterocycles. The summed E-state index contributed by atoms with van der Waals surface area (Å²) >= 11 is 9.09. The van der Waals surface area contributed by atoms with Gasteiger partial charge in [-0.1, -0.05) is 15.9 Å². The number of alkyl halides is 1. The summed E-state index contributed by atoms with van der Waals surface area (Å²) in [5.74, 6) is -0.498. The van der Waals surface area contributed by atoms with Crippen LogP contribution in [0.25, 0.3) is 5.69 Å². The molecule has 1 aromatic heterocycles. The fourth-order valence-corrected chi connectivity index (χ4v) is 2.71. The number of benzene rings is 1. The van der Waals surface area contributed by atoms with Crippen molar-refractivity contribution in [2.24, 2.45) is 0 Å². The molecule has 0 aliphatic heterocycles. The van der Waals surface area contributed by atoms with Crippen molar-refractivity contribution < 1.29 is 9.18 Å². The van der Waals surface area contributed by atoms with Crippen LogP contribution in [-0.4, -0.2) is 15.7 Å². The Bertz CT molecular complexity index is 679. The summed E-state index contributed by atoms with van der Waals surface area (Å²) in [7, 11) is 0. The molecule has 106 valence electrons. The Morgan fingerprint density at radius 1 is 1.35 bits per heavy atom. The third-order valence-electron chi connectivity index (χ3n) is 3.21. The Labute approximate surface area is 130 Å². The molecular weight excluding hydrogens is 345 g/mol. The average molecular weight is 359 g/mol. The number of hydrogen-bond donors (Lipinski definition) is 0. The number of hydrogen-bond acceptors (Lipinski definition) is 1. The minimum absolute atomic E-state index is 0.150. The molecule has 2 rings (SSSR count). The third kappa shape index (κ3) is 2.67. The Balaban J connectivity index is 2.61. The first-order valence-corrected chi connectivity index (χ1v) is 7.38. The molecule has 0 bridgehead atoms. The van der Waals surface area contributed by atoms with E-state index < -0.39 is 5.38 Å². The number of rotatable bonds is 3. The predicted octanol–water partition coefficient (Wildman–Crippen LogP) is 4.81. The van der Waals surface area contributed by atoms with Crippen LogP contribution in [0.3, 0.4) is 0 Å². The lowest BCUT2D eigenvalue weighted by atomic mass is 10.1. The lowest BCUT2D eigenvalue weighted by molar-refractivity contribution is 0.0991. The van der Waals surface area contributed by atoms with Gasteiger partial charge in [0, 0.05) is 21.4 Å². The van der Waals surface area contributed by atoms with Gasteiger partial charge in [-0.25, -0.2) is 4.39 Å². The van der Waals surface area contributed by atoms with E-state index in [0.717, 1.165) is 5.69 Å². The zero-order valence-corrected chi connectivity index (χ0v) is 13.7. The molecule has 2 aromatic rings. The van der Waals surface area contributed by atoms with Crippen LogP contribution in [0.4, 0.5) is 4.39 Å².